The maximum absolute atomic E-state index is 2.22. The lowest BCUT2D eigenvalue weighted by Crippen LogP contribution is -2.11. The fourth-order valence-corrected chi connectivity index (χ4v) is 2.61. The average Bonchev–Trinajstić information content (AvgIpc) is 2.84. The van der Waals surface area contributed by atoms with Gasteiger partial charge < -0.3 is 4.90 Å². The normalized spacial score (nSPS) is 15.3. The smallest absolute Gasteiger partial charge is 0.0514 e. The summed E-state index contributed by atoms with van der Waals surface area (Å²) in [5.74, 6) is 0. The number of hydrogen-bond donors (Lipinski definition) is 0. The molecule has 0 bridgehead atoms. The van der Waals surface area contributed by atoms with Crippen molar-refractivity contribution >= 4 is 17.3 Å². The van der Waals surface area contributed by atoms with Crippen molar-refractivity contribution in [1.82, 2.24) is 4.90 Å². The third kappa shape index (κ3) is 2.08. The molecule has 0 unspecified atom stereocenters. The van der Waals surface area contributed by atoms with Gasteiger partial charge in [0.05, 0.1) is 5.70 Å². The second kappa shape index (κ2) is 4.77. The van der Waals surface area contributed by atoms with Crippen LogP contribution in [-0.4, -0.2) is 19.0 Å². The Balaban J connectivity index is 2.22. The molecule has 0 aromatic heterocycles. The first-order chi connectivity index (χ1) is 9.27. The van der Waals surface area contributed by atoms with Crippen LogP contribution in [0.4, 0.5) is 0 Å². The van der Waals surface area contributed by atoms with Crippen molar-refractivity contribution in [2.24, 2.45) is 0 Å². The first-order valence-electron chi connectivity index (χ1n) is 6.52. The Bertz CT molecular complexity index is 648. The van der Waals surface area contributed by atoms with Crippen LogP contribution in [0.1, 0.15) is 16.7 Å². The van der Waals surface area contributed by atoms with Gasteiger partial charge >= 0.3 is 0 Å². The van der Waals surface area contributed by atoms with Crippen LogP contribution in [0.15, 0.2) is 60.7 Å². The molecule has 0 saturated carbocycles. The molecule has 0 fully saturated rings. The number of allylic oxidation sites excluding steroid dienone is 2. The van der Waals surface area contributed by atoms with Crippen molar-refractivity contribution in [3.05, 3.63) is 77.4 Å². The van der Waals surface area contributed by atoms with Gasteiger partial charge in [-0.1, -0.05) is 66.7 Å². The third-order valence-electron chi connectivity index (χ3n) is 3.43. The molecule has 19 heavy (non-hydrogen) atoms. The summed E-state index contributed by atoms with van der Waals surface area (Å²) < 4.78 is 0. The highest BCUT2D eigenvalue weighted by Crippen LogP contribution is 2.35. The standard InChI is InChI=1S/C18H17N/c1-19(2)18(15-9-4-3-5-10-15)17-13-12-14-8-6-7-11-16(14)17/h3-13H,1-2H3. The zero-order chi connectivity index (χ0) is 13.2. The monoisotopic (exact) mass is 247 g/mol. The van der Waals surface area contributed by atoms with E-state index in [-0.39, 0.29) is 0 Å². The maximum atomic E-state index is 2.22. The molecule has 0 amide bonds. The maximum Gasteiger partial charge on any atom is 0.0514 e. The van der Waals surface area contributed by atoms with Crippen molar-refractivity contribution < 1.29 is 0 Å². The fraction of sp³-hybridized carbons (Fsp3) is 0.111. The van der Waals surface area contributed by atoms with E-state index in [1.807, 2.05) is 0 Å². The topological polar surface area (TPSA) is 3.24 Å². The Morgan fingerprint density at radius 3 is 2.21 bits per heavy atom. The summed E-state index contributed by atoms with van der Waals surface area (Å²) in [4.78, 5) is 2.19. The van der Waals surface area contributed by atoms with Gasteiger partial charge in [-0.3, -0.25) is 0 Å². The van der Waals surface area contributed by atoms with Crippen molar-refractivity contribution in [1.29, 1.82) is 0 Å². The van der Waals surface area contributed by atoms with Crippen molar-refractivity contribution in [3.8, 4) is 0 Å². The van der Waals surface area contributed by atoms with Crippen molar-refractivity contribution in [3.63, 3.8) is 0 Å². The van der Waals surface area contributed by atoms with Crippen LogP contribution < -0.4 is 0 Å². The van der Waals surface area contributed by atoms with Gasteiger partial charge in [0.1, 0.15) is 0 Å². The van der Waals surface area contributed by atoms with E-state index in [2.05, 4.69) is 85.7 Å². The van der Waals surface area contributed by atoms with Crippen LogP contribution in [0, 0.1) is 0 Å². The average molecular weight is 247 g/mol. The highest BCUT2D eigenvalue weighted by molar-refractivity contribution is 6.02. The largest absolute Gasteiger partial charge is 0.377 e. The predicted octanol–water partition coefficient (Wildman–Crippen LogP) is 4.14. The van der Waals surface area contributed by atoms with E-state index in [0.29, 0.717) is 0 Å². The zero-order valence-electron chi connectivity index (χ0n) is 11.3. The van der Waals surface area contributed by atoms with Gasteiger partial charge in [-0.25, -0.2) is 0 Å². The van der Waals surface area contributed by atoms with Crippen LogP contribution in [0.5, 0.6) is 0 Å². The van der Waals surface area contributed by atoms with E-state index in [0.717, 1.165) is 0 Å². The summed E-state index contributed by atoms with van der Waals surface area (Å²) in [5.41, 5.74) is 6.43. The molecule has 0 spiro atoms. The Morgan fingerprint density at radius 2 is 1.47 bits per heavy atom. The van der Waals surface area contributed by atoms with Crippen LogP contribution in [0.3, 0.4) is 0 Å². The van der Waals surface area contributed by atoms with Crippen LogP contribution in [-0.2, 0) is 0 Å². The molecule has 2 aromatic carbocycles. The summed E-state index contributed by atoms with van der Waals surface area (Å²) >= 11 is 0. The fourth-order valence-electron chi connectivity index (χ4n) is 2.61. The minimum absolute atomic E-state index is 1.25. The van der Waals surface area contributed by atoms with Crippen molar-refractivity contribution in [2.75, 3.05) is 14.1 Å². The molecule has 1 heteroatoms. The Hall–Kier alpha value is -2.28. The molecule has 0 radical (unpaired) electrons. The molecular formula is C18H17N. The number of hydrogen-bond acceptors (Lipinski definition) is 1. The summed E-state index contributed by atoms with van der Waals surface area (Å²) in [6, 6.07) is 19.1. The van der Waals surface area contributed by atoms with E-state index in [1.165, 1.54) is 28.0 Å². The van der Waals surface area contributed by atoms with Gasteiger partial charge in [-0.05, 0) is 16.7 Å². The number of nitrogens with zero attached hydrogens (tertiary/aromatic N) is 1. The van der Waals surface area contributed by atoms with E-state index in [4.69, 9.17) is 0 Å². The SMILES string of the molecule is CN(C)C(=C1C=Cc2ccccc21)c1ccccc1. The molecule has 0 saturated heterocycles. The molecule has 0 atom stereocenters. The number of rotatable bonds is 2. The lowest BCUT2D eigenvalue weighted by Gasteiger charge is -2.20. The molecule has 3 rings (SSSR count). The highest BCUT2D eigenvalue weighted by atomic mass is 15.1. The minimum Gasteiger partial charge on any atom is -0.377 e. The van der Waals surface area contributed by atoms with Gasteiger partial charge in [-0.15, -0.1) is 0 Å². The van der Waals surface area contributed by atoms with Crippen molar-refractivity contribution in [2.45, 2.75) is 0 Å². The highest BCUT2D eigenvalue weighted by Gasteiger charge is 2.16. The summed E-state index contributed by atoms with van der Waals surface area (Å²) in [6.45, 7) is 0. The third-order valence-corrected chi connectivity index (χ3v) is 3.43. The summed E-state index contributed by atoms with van der Waals surface area (Å²) in [5, 5.41) is 0. The van der Waals surface area contributed by atoms with Crippen LogP contribution in [0.25, 0.3) is 17.3 Å². The molecule has 0 aliphatic heterocycles. The number of benzene rings is 2. The summed E-state index contributed by atoms with van der Waals surface area (Å²) in [7, 11) is 4.20. The van der Waals surface area contributed by atoms with Gasteiger partial charge in [0, 0.05) is 19.7 Å². The van der Waals surface area contributed by atoms with E-state index >= 15 is 0 Å². The second-order valence-corrected chi connectivity index (χ2v) is 4.94. The molecule has 0 heterocycles. The molecule has 1 nitrogen and oxygen atoms in total. The van der Waals surface area contributed by atoms with E-state index in [1.54, 1.807) is 0 Å². The van der Waals surface area contributed by atoms with Gasteiger partial charge in [0.15, 0.2) is 0 Å². The zero-order valence-corrected chi connectivity index (χ0v) is 11.3. The first kappa shape index (κ1) is 11.8. The number of fused-ring (bicyclic) bond motifs is 1. The summed E-state index contributed by atoms with van der Waals surface area (Å²) in [6.07, 6.45) is 4.41. The Kier molecular flexibility index (Phi) is 2.96. The quantitative estimate of drug-likeness (QED) is 0.770. The predicted molar refractivity (Wildman–Crippen MR) is 82.4 cm³/mol. The van der Waals surface area contributed by atoms with E-state index < -0.39 is 0 Å². The van der Waals surface area contributed by atoms with Gasteiger partial charge in [0.25, 0.3) is 0 Å². The molecule has 0 N–H and O–H groups in total. The lowest BCUT2D eigenvalue weighted by molar-refractivity contribution is 0.594. The van der Waals surface area contributed by atoms with E-state index in [9.17, 15) is 0 Å². The molecule has 1 aliphatic rings. The van der Waals surface area contributed by atoms with Crippen LogP contribution in [0.2, 0.25) is 0 Å². The molecule has 94 valence electrons. The second-order valence-electron chi connectivity index (χ2n) is 4.94. The van der Waals surface area contributed by atoms with Crippen LogP contribution >= 0.6 is 0 Å². The van der Waals surface area contributed by atoms with Gasteiger partial charge in [-0.2, -0.15) is 0 Å². The lowest BCUT2D eigenvalue weighted by atomic mass is 10.00. The molecule has 2 aromatic rings. The van der Waals surface area contributed by atoms with Gasteiger partial charge in [0.2, 0.25) is 0 Å². The Morgan fingerprint density at radius 1 is 0.789 bits per heavy atom. The minimum atomic E-state index is 1.25. The molecular weight excluding hydrogens is 230 g/mol. The Labute approximate surface area is 114 Å². The first-order valence-corrected chi connectivity index (χ1v) is 6.52. The molecule has 1 aliphatic carbocycles.